The van der Waals surface area contributed by atoms with Gasteiger partial charge in [0.25, 0.3) is 0 Å². The average molecular weight is 296 g/mol. The lowest BCUT2D eigenvalue weighted by atomic mass is 9.80. The summed E-state index contributed by atoms with van der Waals surface area (Å²) >= 11 is 0. The molecule has 0 aromatic carbocycles. The van der Waals surface area contributed by atoms with Crippen molar-refractivity contribution in [3.8, 4) is 0 Å². The largest absolute Gasteiger partial charge is 0.481 e. The fourth-order valence-corrected chi connectivity index (χ4v) is 3.72. The number of rotatable bonds is 4. The van der Waals surface area contributed by atoms with Crippen molar-refractivity contribution in [3.05, 3.63) is 0 Å². The van der Waals surface area contributed by atoms with Crippen LogP contribution in [-0.2, 0) is 4.79 Å². The van der Waals surface area contributed by atoms with Crippen molar-refractivity contribution in [3.63, 3.8) is 0 Å². The van der Waals surface area contributed by atoms with Crippen LogP contribution in [0.25, 0.3) is 0 Å². The SMILES string of the molecule is CC1(NC(=O)NCC2(C(=O)O)CCCCCC2)CCCC1. The van der Waals surface area contributed by atoms with Gasteiger partial charge in [0, 0.05) is 12.1 Å². The molecular formula is C16H28N2O3. The molecule has 2 aliphatic rings. The highest BCUT2D eigenvalue weighted by Crippen LogP contribution is 2.35. The van der Waals surface area contributed by atoms with Crippen LogP contribution in [-0.4, -0.2) is 29.2 Å². The number of carbonyl (C=O) groups is 2. The maximum absolute atomic E-state index is 12.1. The summed E-state index contributed by atoms with van der Waals surface area (Å²) in [5.74, 6) is -0.767. The minimum atomic E-state index is -0.773. The number of hydrogen-bond acceptors (Lipinski definition) is 2. The molecule has 2 rings (SSSR count). The summed E-state index contributed by atoms with van der Waals surface area (Å²) in [6, 6.07) is -0.218. The molecule has 120 valence electrons. The molecule has 0 radical (unpaired) electrons. The van der Waals surface area contributed by atoms with E-state index < -0.39 is 11.4 Å². The van der Waals surface area contributed by atoms with E-state index in [1.807, 2.05) is 0 Å². The summed E-state index contributed by atoms with van der Waals surface area (Å²) in [6.07, 6.45) is 9.71. The van der Waals surface area contributed by atoms with Crippen molar-refractivity contribution in [2.75, 3.05) is 6.54 Å². The third-order valence-electron chi connectivity index (χ3n) is 5.22. The van der Waals surface area contributed by atoms with Gasteiger partial charge >= 0.3 is 12.0 Å². The van der Waals surface area contributed by atoms with E-state index in [1.165, 1.54) is 0 Å². The summed E-state index contributed by atoms with van der Waals surface area (Å²) < 4.78 is 0. The van der Waals surface area contributed by atoms with Crippen LogP contribution < -0.4 is 10.6 Å². The summed E-state index contributed by atoms with van der Waals surface area (Å²) in [5.41, 5.74) is -0.894. The Kier molecular flexibility index (Phi) is 5.12. The average Bonchev–Trinajstić information content (AvgIpc) is 2.72. The van der Waals surface area contributed by atoms with Crippen molar-refractivity contribution in [2.24, 2.45) is 5.41 Å². The van der Waals surface area contributed by atoms with Crippen LogP contribution in [0, 0.1) is 5.41 Å². The van der Waals surface area contributed by atoms with Gasteiger partial charge in [0.15, 0.2) is 0 Å². The Morgan fingerprint density at radius 2 is 1.48 bits per heavy atom. The Bertz CT molecular complexity index is 381. The molecule has 3 N–H and O–H groups in total. The summed E-state index contributed by atoms with van der Waals surface area (Å²) in [6.45, 7) is 2.31. The number of aliphatic carboxylic acids is 1. The Hall–Kier alpha value is -1.26. The van der Waals surface area contributed by atoms with Gasteiger partial charge in [0.1, 0.15) is 0 Å². The smallest absolute Gasteiger partial charge is 0.315 e. The third-order valence-corrected chi connectivity index (χ3v) is 5.22. The molecule has 0 atom stereocenters. The highest BCUT2D eigenvalue weighted by atomic mass is 16.4. The van der Waals surface area contributed by atoms with E-state index in [1.54, 1.807) is 0 Å². The topological polar surface area (TPSA) is 78.4 Å². The standard InChI is InChI=1S/C16H28N2O3/c1-15(8-6-7-9-15)18-14(21)17-12-16(13(19)20)10-4-2-3-5-11-16/h2-12H2,1H3,(H,19,20)(H2,17,18,21). The lowest BCUT2D eigenvalue weighted by molar-refractivity contribution is -0.149. The second-order valence-corrected chi connectivity index (χ2v) is 7.08. The molecule has 0 aliphatic heterocycles. The molecule has 0 aromatic rings. The number of urea groups is 1. The van der Waals surface area contributed by atoms with E-state index in [-0.39, 0.29) is 18.1 Å². The third kappa shape index (κ3) is 4.11. The Morgan fingerprint density at radius 3 is 2.00 bits per heavy atom. The van der Waals surface area contributed by atoms with E-state index in [9.17, 15) is 14.7 Å². The summed E-state index contributed by atoms with van der Waals surface area (Å²) in [5, 5.41) is 15.4. The van der Waals surface area contributed by atoms with E-state index in [0.717, 1.165) is 51.4 Å². The van der Waals surface area contributed by atoms with Gasteiger partial charge in [-0.25, -0.2) is 4.79 Å². The maximum atomic E-state index is 12.1. The Morgan fingerprint density at radius 1 is 0.952 bits per heavy atom. The molecule has 0 heterocycles. The molecule has 2 fully saturated rings. The molecule has 0 bridgehead atoms. The summed E-state index contributed by atoms with van der Waals surface area (Å²) in [4.78, 5) is 23.8. The fraction of sp³-hybridized carbons (Fsp3) is 0.875. The van der Waals surface area contributed by atoms with E-state index >= 15 is 0 Å². The fourth-order valence-electron chi connectivity index (χ4n) is 3.72. The van der Waals surface area contributed by atoms with Gasteiger partial charge in [0.05, 0.1) is 5.41 Å². The van der Waals surface area contributed by atoms with Crippen LogP contribution >= 0.6 is 0 Å². The maximum Gasteiger partial charge on any atom is 0.315 e. The first-order chi connectivity index (χ1) is 9.96. The molecule has 0 spiro atoms. The van der Waals surface area contributed by atoms with Crippen molar-refractivity contribution < 1.29 is 14.7 Å². The van der Waals surface area contributed by atoms with Crippen LogP contribution in [0.1, 0.15) is 71.1 Å². The molecular weight excluding hydrogens is 268 g/mol. The second-order valence-electron chi connectivity index (χ2n) is 7.08. The van der Waals surface area contributed by atoms with Gasteiger partial charge in [-0.3, -0.25) is 4.79 Å². The molecule has 0 aromatic heterocycles. The summed E-state index contributed by atoms with van der Waals surface area (Å²) in [7, 11) is 0. The van der Waals surface area contributed by atoms with Crippen molar-refractivity contribution >= 4 is 12.0 Å². The minimum Gasteiger partial charge on any atom is -0.481 e. The van der Waals surface area contributed by atoms with Crippen LogP contribution in [0.3, 0.4) is 0 Å². The monoisotopic (exact) mass is 296 g/mol. The lowest BCUT2D eigenvalue weighted by Crippen LogP contribution is -2.52. The first-order valence-electron chi connectivity index (χ1n) is 8.25. The van der Waals surface area contributed by atoms with Gasteiger partial charge in [-0.1, -0.05) is 38.5 Å². The number of carboxylic acid groups (broad SMARTS) is 1. The van der Waals surface area contributed by atoms with Crippen LogP contribution in [0.15, 0.2) is 0 Å². The predicted octanol–water partition coefficient (Wildman–Crippen LogP) is 3.04. The number of hydrogen-bond donors (Lipinski definition) is 3. The normalized spacial score (nSPS) is 24.0. The number of carbonyl (C=O) groups excluding carboxylic acids is 1. The van der Waals surface area contributed by atoms with Gasteiger partial charge in [-0.15, -0.1) is 0 Å². The molecule has 0 unspecified atom stereocenters. The van der Waals surface area contributed by atoms with Crippen LogP contribution in [0.4, 0.5) is 4.79 Å². The molecule has 5 nitrogen and oxygen atoms in total. The second kappa shape index (κ2) is 6.67. The van der Waals surface area contributed by atoms with Gasteiger partial charge in [-0.05, 0) is 32.6 Å². The molecule has 21 heavy (non-hydrogen) atoms. The zero-order valence-electron chi connectivity index (χ0n) is 13.0. The number of amides is 2. The van der Waals surface area contributed by atoms with Crippen LogP contribution in [0.2, 0.25) is 0 Å². The molecule has 2 saturated carbocycles. The first-order valence-corrected chi connectivity index (χ1v) is 8.25. The molecule has 2 amide bonds. The van der Waals surface area contributed by atoms with E-state index in [0.29, 0.717) is 12.8 Å². The minimum absolute atomic E-state index is 0.121. The molecule has 5 heteroatoms. The zero-order chi connectivity index (χ0) is 15.3. The Labute approximate surface area is 126 Å². The lowest BCUT2D eigenvalue weighted by Gasteiger charge is -2.30. The Balaban J connectivity index is 1.89. The zero-order valence-corrected chi connectivity index (χ0v) is 13.0. The molecule has 2 aliphatic carbocycles. The highest BCUT2D eigenvalue weighted by molar-refractivity contribution is 5.78. The van der Waals surface area contributed by atoms with Gasteiger partial charge < -0.3 is 15.7 Å². The highest BCUT2D eigenvalue weighted by Gasteiger charge is 2.39. The quantitative estimate of drug-likeness (QED) is 0.698. The van der Waals surface area contributed by atoms with Gasteiger partial charge in [-0.2, -0.15) is 0 Å². The predicted molar refractivity (Wildman–Crippen MR) is 81.2 cm³/mol. The number of nitrogens with one attached hydrogen (secondary N) is 2. The van der Waals surface area contributed by atoms with Crippen molar-refractivity contribution in [1.29, 1.82) is 0 Å². The first kappa shape index (κ1) is 16.1. The van der Waals surface area contributed by atoms with Crippen LogP contribution in [0.5, 0.6) is 0 Å². The van der Waals surface area contributed by atoms with Crippen molar-refractivity contribution in [2.45, 2.75) is 76.7 Å². The molecule has 0 saturated heterocycles. The van der Waals surface area contributed by atoms with E-state index in [4.69, 9.17) is 0 Å². The number of carboxylic acids is 1. The van der Waals surface area contributed by atoms with Gasteiger partial charge in [0.2, 0.25) is 0 Å². The van der Waals surface area contributed by atoms with E-state index in [2.05, 4.69) is 17.6 Å². The van der Waals surface area contributed by atoms with Crippen molar-refractivity contribution in [1.82, 2.24) is 10.6 Å².